The smallest absolute Gasteiger partial charge is 0.267 e. The predicted molar refractivity (Wildman–Crippen MR) is 102 cm³/mol. The number of nitrogens with one attached hydrogen (secondary N) is 2. The van der Waals surface area contributed by atoms with E-state index in [1.54, 1.807) is 17.5 Å². The molecule has 3 rings (SSSR count). The van der Waals surface area contributed by atoms with E-state index in [4.69, 9.17) is 0 Å². The predicted octanol–water partition coefficient (Wildman–Crippen LogP) is 3.70. The number of imide groups is 1. The van der Waals surface area contributed by atoms with Gasteiger partial charge in [-0.25, -0.2) is 0 Å². The molecule has 0 aliphatic carbocycles. The average Bonchev–Trinajstić information content (AvgIpc) is 3.27. The number of hydrogen-bond donors (Lipinski definition) is 2. The molecule has 0 saturated carbocycles. The van der Waals surface area contributed by atoms with E-state index < -0.39 is 0 Å². The second-order valence-corrected chi connectivity index (χ2v) is 8.16. The first kappa shape index (κ1) is 17.6. The van der Waals surface area contributed by atoms with E-state index >= 15 is 0 Å². The van der Waals surface area contributed by atoms with Crippen LogP contribution in [-0.4, -0.2) is 27.8 Å². The maximum absolute atomic E-state index is 11.8. The summed E-state index contributed by atoms with van der Waals surface area (Å²) in [6.45, 7) is 2.03. The fourth-order valence-corrected chi connectivity index (χ4v) is 4.03. The van der Waals surface area contributed by atoms with E-state index in [0.29, 0.717) is 14.3 Å². The molecule has 0 aliphatic rings. The quantitative estimate of drug-likeness (QED) is 0.625. The number of rotatable bonds is 6. The van der Waals surface area contributed by atoms with E-state index in [2.05, 4.69) is 20.8 Å². The van der Waals surface area contributed by atoms with Gasteiger partial charge in [-0.15, -0.1) is 21.5 Å². The van der Waals surface area contributed by atoms with Crippen molar-refractivity contribution < 1.29 is 9.59 Å². The third kappa shape index (κ3) is 5.12. The van der Waals surface area contributed by atoms with Crippen molar-refractivity contribution in [2.45, 2.75) is 11.3 Å². The Hall–Kier alpha value is -2.23. The van der Waals surface area contributed by atoms with Gasteiger partial charge in [0.15, 0.2) is 4.34 Å². The van der Waals surface area contributed by atoms with Crippen LogP contribution in [0, 0.1) is 6.92 Å². The fourth-order valence-electron chi connectivity index (χ4n) is 1.84. The molecule has 0 atom stereocenters. The summed E-state index contributed by atoms with van der Waals surface area (Å²) in [5, 5.41) is 16.1. The van der Waals surface area contributed by atoms with Crippen molar-refractivity contribution in [3.63, 3.8) is 0 Å². The highest BCUT2D eigenvalue weighted by atomic mass is 32.2. The number of benzene rings is 1. The maximum atomic E-state index is 11.8. The van der Waals surface area contributed by atoms with Crippen molar-refractivity contribution in [2.24, 2.45) is 0 Å². The van der Waals surface area contributed by atoms with Crippen molar-refractivity contribution in [3.8, 4) is 0 Å². The summed E-state index contributed by atoms with van der Waals surface area (Å²) < 4.78 is 0.660. The van der Waals surface area contributed by atoms with Gasteiger partial charge in [0.1, 0.15) is 0 Å². The molecule has 2 amide bonds. The lowest BCUT2D eigenvalue weighted by molar-refractivity contribution is -0.117. The van der Waals surface area contributed by atoms with E-state index in [0.717, 1.165) is 5.69 Å². The van der Waals surface area contributed by atoms with Crippen molar-refractivity contribution in [1.82, 2.24) is 15.5 Å². The van der Waals surface area contributed by atoms with Crippen LogP contribution in [0.4, 0.5) is 10.8 Å². The Balaban J connectivity index is 1.49. The minimum atomic E-state index is -0.375. The third-order valence-corrected chi connectivity index (χ3v) is 5.87. The molecule has 128 valence electrons. The van der Waals surface area contributed by atoms with Crippen LogP contribution < -0.4 is 10.6 Å². The lowest BCUT2D eigenvalue weighted by Gasteiger charge is -2.01. The van der Waals surface area contributed by atoms with Crippen molar-refractivity contribution in [3.05, 3.63) is 52.2 Å². The molecule has 9 heteroatoms. The second-order valence-electron chi connectivity index (χ2n) is 5.01. The lowest BCUT2D eigenvalue weighted by Crippen LogP contribution is -2.31. The van der Waals surface area contributed by atoms with Crippen LogP contribution in [0.5, 0.6) is 0 Å². The molecule has 0 unspecified atom stereocenters. The standard InChI is InChI=1S/C16H14N4O2S3/c1-10-4-6-11(7-5-10)17-15-19-20-16(25-15)24-9-13(21)18-14(22)12-3-2-8-23-12/h2-8H,9H2,1H3,(H,17,19)(H,18,21,22). The Bertz CT molecular complexity index is 860. The highest BCUT2D eigenvalue weighted by Crippen LogP contribution is 2.27. The largest absolute Gasteiger partial charge is 0.330 e. The summed E-state index contributed by atoms with van der Waals surface area (Å²) in [6.07, 6.45) is 0. The van der Waals surface area contributed by atoms with Gasteiger partial charge in [0.05, 0.1) is 10.6 Å². The summed E-state index contributed by atoms with van der Waals surface area (Å²) in [6, 6.07) is 11.4. The van der Waals surface area contributed by atoms with Crippen LogP contribution in [0.15, 0.2) is 46.1 Å². The molecule has 6 nitrogen and oxygen atoms in total. The normalized spacial score (nSPS) is 10.4. The van der Waals surface area contributed by atoms with Crippen LogP contribution in [0.1, 0.15) is 15.2 Å². The molecule has 0 radical (unpaired) electrons. The first-order valence-electron chi connectivity index (χ1n) is 7.28. The number of thiophene rings is 1. The van der Waals surface area contributed by atoms with E-state index in [1.165, 1.54) is 40.0 Å². The summed E-state index contributed by atoms with van der Waals surface area (Å²) in [5.74, 6) is -0.623. The Morgan fingerprint density at radius 1 is 1.16 bits per heavy atom. The molecular weight excluding hydrogens is 376 g/mol. The molecule has 0 spiro atoms. The topological polar surface area (TPSA) is 84.0 Å². The summed E-state index contributed by atoms with van der Waals surface area (Å²) >= 11 is 3.90. The molecular formula is C16H14N4O2S3. The fraction of sp³-hybridized carbons (Fsp3) is 0.125. The monoisotopic (exact) mass is 390 g/mol. The van der Waals surface area contributed by atoms with Crippen LogP contribution in [0.2, 0.25) is 0 Å². The third-order valence-electron chi connectivity index (χ3n) is 3.03. The molecule has 2 heterocycles. The van der Waals surface area contributed by atoms with E-state index in [1.807, 2.05) is 31.2 Å². The van der Waals surface area contributed by atoms with Gasteiger partial charge in [-0.1, -0.05) is 46.9 Å². The Morgan fingerprint density at radius 3 is 2.68 bits per heavy atom. The number of carbonyl (C=O) groups is 2. The molecule has 0 aliphatic heterocycles. The summed E-state index contributed by atoms with van der Waals surface area (Å²) in [5.41, 5.74) is 2.11. The zero-order valence-corrected chi connectivity index (χ0v) is 15.6. The summed E-state index contributed by atoms with van der Waals surface area (Å²) in [7, 11) is 0. The number of amides is 2. The van der Waals surface area contributed by atoms with Gasteiger partial charge >= 0.3 is 0 Å². The zero-order chi connectivity index (χ0) is 17.6. The van der Waals surface area contributed by atoms with E-state index in [9.17, 15) is 9.59 Å². The molecule has 3 aromatic rings. The van der Waals surface area contributed by atoms with Gasteiger partial charge in [0, 0.05) is 5.69 Å². The number of carbonyl (C=O) groups excluding carboxylic acids is 2. The Kier molecular flexibility index (Phi) is 5.79. The van der Waals surface area contributed by atoms with E-state index in [-0.39, 0.29) is 17.6 Å². The highest BCUT2D eigenvalue weighted by molar-refractivity contribution is 8.01. The maximum Gasteiger partial charge on any atom is 0.267 e. The van der Waals surface area contributed by atoms with Crippen molar-refractivity contribution in [2.75, 3.05) is 11.1 Å². The molecule has 0 fully saturated rings. The molecule has 25 heavy (non-hydrogen) atoms. The van der Waals surface area contributed by atoms with Crippen LogP contribution in [0.25, 0.3) is 0 Å². The van der Waals surface area contributed by atoms with Crippen LogP contribution in [-0.2, 0) is 4.79 Å². The first-order valence-corrected chi connectivity index (χ1v) is 9.96. The second kappa shape index (κ2) is 8.24. The van der Waals surface area contributed by atoms with Crippen molar-refractivity contribution >= 4 is 57.1 Å². The minimum Gasteiger partial charge on any atom is -0.330 e. The number of thioether (sulfide) groups is 1. The number of anilines is 2. The Labute approximate surface area is 156 Å². The van der Waals surface area contributed by atoms with Gasteiger partial charge in [-0.2, -0.15) is 0 Å². The number of hydrogen-bond acceptors (Lipinski definition) is 8. The van der Waals surface area contributed by atoms with Gasteiger partial charge in [-0.05, 0) is 30.5 Å². The zero-order valence-electron chi connectivity index (χ0n) is 13.2. The minimum absolute atomic E-state index is 0.107. The molecule has 2 N–H and O–H groups in total. The van der Waals surface area contributed by atoms with Crippen LogP contribution >= 0.6 is 34.4 Å². The molecule has 0 saturated heterocycles. The Morgan fingerprint density at radius 2 is 1.96 bits per heavy atom. The number of nitrogens with zero attached hydrogens (tertiary/aromatic N) is 2. The number of aryl methyl sites for hydroxylation is 1. The van der Waals surface area contributed by atoms with Crippen molar-refractivity contribution in [1.29, 1.82) is 0 Å². The number of aromatic nitrogens is 2. The molecule has 0 bridgehead atoms. The lowest BCUT2D eigenvalue weighted by atomic mass is 10.2. The van der Waals surface area contributed by atoms with Gasteiger partial charge in [0.25, 0.3) is 5.91 Å². The molecule has 1 aromatic carbocycles. The van der Waals surface area contributed by atoms with Gasteiger partial charge < -0.3 is 5.32 Å². The average molecular weight is 391 g/mol. The molecule has 2 aromatic heterocycles. The van der Waals surface area contributed by atoms with Gasteiger partial charge in [-0.3, -0.25) is 14.9 Å². The first-order chi connectivity index (χ1) is 12.1. The SMILES string of the molecule is Cc1ccc(Nc2nnc(SCC(=O)NC(=O)c3cccs3)s2)cc1. The highest BCUT2D eigenvalue weighted by Gasteiger charge is 2.13. The summed E-state index contributed by atoms with van der Waals surface area (Å²) in [4.78, 5) is 24.1. The van der Waals surface area contributed by atoms with Gasteiger partial charge in [0.2, 0.25) is 11.0 Å². The van der Waals surface area contributed by atoms with Crippen LogP contribution in [0.3, 0.4) is 0 Å².